The van der Waals surface area contributed by atoms with E-state index in [2.05, 4.69) is 55.9 Å². The lowest BCUT2D eigenvalue weighted by atomic mass is 10.1. The van der Waals surface area contributed by atoms with E-state index >= 15 is 0 Å². The summed E-state index contributed by atoms with van der Waals surface area (Å²) >= 11 is 0. The molecule has 9 heteroatoms. The van der Waals surface area contributed by atoms with Crippen LogP contribution in [0.25, 0.3) is 11.3 Å². The number of aryl methyl sites for hydroxylation is 2. The van der Waals surface area contributed by atoms with Crippen LogP contribution in [-0.2, 0) is 13.6 Å². The Morgan fingerprint density at radius 1 is 1.26 bits per heavy atom. The van der Waals surface area contributed by atoms with E-state index in [9.17, 15) is 0 Å². The van der Waals surface area contributed by atoms with Gasteiger partial charge in [-0.15, -0.1) is 24.0 Å². The molecule has 1 atom stereocenters. The van der Waals surface area contributed by atoms with Gasteiger partial charge in [-0.3, -0.25) is 9.67 Å². The van der Waals surface area contributed by atoms with E-state index in [0.717, 1.165) is 48.9 Å². The van der Waals surface area contributed by atoms with Crippen LogP contribution in [0.5, 0.6) is 0 Å². The van der Waals surface area contributed by atoms with Crippen LogP contribution in [0.4, 0.5) is 5.69 Å². The zero-order valence-electron chi connectivity index (χ0n) is 18.2. The Balaban J connectivity index is 0.00000272. The summed E-state index contributed by atoms with van der Waals surface area (Å²) in [5, 5.41) is 11.1. The maximum Gasteiger partial charge on any atom is 0.214 e. The Morgan fingerprint density at radius 2 is 2.06 bits per heavy atom. The van der Waals surface area contributed by atoms with Crippen molar-refractivity contribution in [2.24, 2.45) is 12.0 Å². The van der Waals surface area contributed by atoms with Gasteiger partial charge in [-0.25, -0.2) is 4.98 Å². The van der Waals surface area contributed by atoms with Gasteiger partial charge in [-0.2, -0.15) is 5.10 Å². The molecule has 3 aromatic rings. The minimum atomic E-state index is 0. The highest BCUT2D eigenvalue weighted by Crippen LogP contribution is 2.21. The largest absolute Gasteiger partial charge is 0.439 e. The number of anilines is 1. The minimum absolute atomic E-state index is 0. The van der Waals surface area contributed by atoms with Gasteiger partial charge in [-0.1, -0.05) is 29.8 Å². The van der Waals surface area contributed by atoms with Gasteiger partial charge < -0.3 is 20.0 Å². The highest BCUT2D eigenvalue weighted by molar-refractivity contribution is 14.0. The molecule has 1 unspecified atom stereocenters. The Labute approximate surface area is 200 Å². The second-order valence-corrected chi connectivity index (χ2v) is 7.71. The molecule has 0 amide bonds. The average molecular weight is 535 g/mol. The van der Waals surface area contributed by atoms with Crippen molar-refractivity contribution in [1.29, 1.82) is 0 Å². The number of hydrogen-bond acceptors (Lipinski definition) is 5. The fourth-order valence-electron chi connectivity index (χ4n) is 3.69. The van der Waals surface area contributed by atoms with Crippen LogP contribution in [0.15, 0.2) is 52.3 Å². The van der Waals surface area contributed by atoms with Gasteiger partial charge in [0.15, 0.2) is 11.7 Å². The van der Waals surface area contributed by atoms with Crippen molar-refractivity contribution in [2.45, 2.75) is 32.4 Å². The van der Waals surface area contributed by atoms with Gasteiger partial charge in [0, 0.05) is 45.0 Å². The van der Waals surface area contributed by atoms with Gasteiger partial charge in [-0.05, 0) is 19.8 Å². The smallest absolute Gasteiger partial charge is 0.214 e. The van der Waals surface area contributed by atoms with Crippen LogP contribution in [0, 0.1) is 6.92 Å². The molecule has 1 fully saturated rings. The monoisotopic (exact) mass is 535 g/mol. The lowest BCUT2D eigenvalue weighted by molar-refractivity contribution is 0.462. The number of rotatable bonds is 5. The maximum absolute atomic E-state index is 5.90. The number of halogens is 1. The predicted octanol–water partition coefficient (Wildman–Crippen LogP) is 3.34. The van der Waals surface area contributed by atoms with Gasteiger partial charge in [0.1, 0.15) is 0 Å². The molecule has 8 nitrogen and oxygen atoms in total. The SMILES string of the molecule is CN=C(NCc1ncc(-c2ccc(C)cc2)o1)NC1CCCN(c2cnn(C)c2)C1.I. The standard InChI is InChI=1S/C22H29N7O.HI/c1-16-6-8-17(9-7-16)20-12-24-21(30-20)13-25-22(23-2)27-18-5-4-10-29(14-18)19-11-26-28(3)15-19;/h6-9,11-12,15,18H,4-5,10,13-14H2,1-3H3,(H2,23,25,27);1H. The van der Waals surface area contributed by atoms with E-state index in [1.165, 1.54) is 5.56 Å². The number of hydrogen-bond donors (Lipinski definition) is 2. The Hall–Kier alpha value is -2.56. The zero-order chi connectivity index (χ0) is 20.9. The summed E-state index contributed by atoms with van der Waals surface area (Å²) < 4.78 is 7.74. The first-order chi connectivity index (χ1) is 14.6. The van der Waals surface area contributed by atoms with Crippen molar-refractivity contribution in [3.8, 4) is 11.3 Å². The van der Waals surface area contributed by atoms with Crippen LogP contribution in [-0.4, -0.2) is 46.9 Å². The first-order valence-electron chi connectivity index (χ1n) is 10.3. The summed E-state index contributed by atoms with van der Waals surface area (Å²) in [6.45, 7) is 4.52. The lowest BCUT2D eigenvalue weighted by Crippen LogP contribution is -2.51. The Morgan fingerprint density at radius 3 is 2.77 bits per heavy atom. The molecule has 0 bridgehead atoms. The number of nitrogens with zero attached hydrogens (tertiary/aromatic N) is 5. The van der Waals surface area contributed by atoms with E-state index < -0.39 is 0 Å². The number of aliphatic imine (C=N–C) groups is 1. The quantitative estimate of drug-likeness (QED) is 0.296. The maximum atomic E-state index is 5.90. The van der Waals surface area contributed by atoms with Crippen LogP contribution in [0.2, 0.25) is 0 Å². The fraction of sp³-hybridized carbons (Fsp3) is 0.409. The molecule has 0 radical (unpaired) electrons. The molecule has 2 N–H and O–H groups in total. The van der Waals surface area contributed by atoms with Crippen molar-refractivity contribution in [3.05, 3.63) is 54.3 Å². The van der Waals surface area contributed by atoms with E-state index in [4.69, 9.17) is 4.42 Å². The van der Waals surface area contributed by atoms with Crippen LogP contribution in [0.1, 0.15) is 24.3 Å². The Kier molecular flexibility index (Phi) is 7.94. The van der Waals surface area contributed by atoms with E-state index in [-0.39, 0.29) is 24.0 Å². The van der Waals surface area contributed by atoms with E-state index in [0.29, 0.717) is 18.5 Å². The minimum Gasteiger partial charge on any atom is -0.439 e. The number of oxazole rings is 1. The van der Waals surface area contributed by atoms with Crippen molar-refractivity contribution in [3.63, 3.8) is 0 Å². The zero-order valence-corrected chi connectivity index (χ0v) is 20.5. The van der Waals surface area contributed by atoms with Crippen molar-refractivity contribution >= 4 is 35.6 Å². The van der Waals surface area contributed by atoms with Gasteiger partial charge >= 0.3 is 0 Å². The normalized spacial score (nSPS) is 16.7. The molecule has 0 spiro atoms. The summed E-state index contributed by atoms with van der Waals surface area (Å²) in [5.41, 5.74) is 3.41. The van der Waals surface area contributed by atoms with E-state index in [1.54, 1.807) is 13.2 Å². The average Bonchev–Trinajstić information content (AvgIpc) is 3.41. The highest BCUT2D eigenvalue weighted by atomic mass is 127. The fourth-order valence-corrected chi connectivity index (χ4v) is 3.69. The second kappa shape index (κ2) is 10.7. The number of aromatic nitrogens is 3. The molecule has 166 valence electrons. The first kappa shape index (κ1) is 23.1. The molecule has 1 aliphatic heterocycles. The summed E-state index contributed by atoms with van der Waals surface area (Å²) in [5.74, 6) is 2.16. The number of piperidine rings is 1. The Bertz CT molecular complexity index is 995. The summed E-state index contributed by atoms with van der Waals surface area (Å²) in [6.07, 6.45) is 7.98. The molecule has 3 heterocycles. The summed E-state index contributed by atoms with van der Waals surface area (Å²) in [7, 11) is 3.73. The molecule has 1 saturated heterocycles. The number of benzene rings is 1. The van der Waals surface area contributed by atoms with E-state index in [1.807, 2.05) is 30.1 Å². The third kappa shape index (κ3) is 5.99. The molecule has 2 aromatic heterocycles. The van der Waals surface area contributed by atoms with Crippen LogP contribution >= 0.6 is 24.0 Å². The third-order valence-electron chi connectivity index (χ3n) is 5.34. The van der Waals surface area contributed by atoms with Crippen molar-refractivity contribution in [1.82, 2.24) is 25.4 Å². The molecule has 1 aromatic carbocycles. The molecule has 0 aliphatic carbocycles. The van der Waals surface area contributed by atoms with Crippen molar-refractivity contribution in [2.75, 3.05) is 25.0 Å². The van der Waals surface area contributed by atoms with Gasteiger partial charge in [0.25, 0.3) is 0 Å². The molecular formula is C22H30IN7O. The van der Waals surface area contributed by atoms with Crippen molar-refractivity contribution < 1.29 is 4.42 Å². The predicted molar refractivity (Wildman–Crippen MR) is 134 cm³/mol. The number of guanidine groups is 1. The van der Waals surface area contributed by atoms with Gasteiger partial charge in [0.05, 0.1) is 24.6 Å². The summed E-state index contributed by atoms with van der Waals surface area (Å²) in [6, 6.07) is 8.55. The molecular weight excluding hydrogens is 505 g/mol. The van der Waals surface area contributed by atoms with Gasteiger partial charge in [0.2, 0.25) is 5.89 Å². The topological polar surface area (TPSA) is 83.5 Å². The second-order valence-electron chi connectivity index (χ2n) is 7.71. The lowest BCUT2D eigenvalue weighted by Gasteiger charge is -2.34. The molecule has 0 saturated carbocycles. The molecule has 4 rings (SSSR count). The third-order valence-corrected chi connectivity index (χ3v) is 5.34. The summed E-state index contributed by atoms with van der Waals surface area (Å²) in [4.78, 5) is 11.1. The molecule has 1 aliphatic rings. The van der Waals surface area contributed by atoms with Crippen LogP contribution < -0.4 is 15.5 Å². The van der Waals surface area contributed by atoms with Crippen LogP contribution in [0.3, 0.4) is 0 Å². The number of nitrogens with one attached hydrogen (secondary N) is 2. The molecule has 31 heavy (non-hydrogen) atoms. The first-order valence-corrected chi connectivity index (χ1v) is 10.3. The highest BCUT2D eigenvalue weighted by Gasteiger charge is 2.22.